The van der Waals surface area contributed by atoms with Gasteiger partial charge in [-0.05, 0) is 6.92 Å². The van der Waals surface area contributed by atoms with Gasteiger partial charge in [-0.1, -0.05) is 0 Å². The maximum Gasteiger partial charge on any atom is 0.333 e. The third-order valence-electron chi connectivity index (χ3n) is 2.72. The number of anilines is 1. The van der Waals surface area contributed by atoms with Crippen molar-refractivity contribution in [1.29, 1.82) is 0 Å². The molecule has 0 aliphatic carbocycles. The van der Waals surface area contributed by atoms with Crippen LogP contribution in [0, 0.1) is 17.0 Å². The molecule has 0 unspecified atom stereocenters. The van der Waals surface area contributed by atoms with Crippen LogP contribution in [0.3, 0.4) is 0 Å². The zero-order valence-electron chi connectivity index (χ0n) is 10.9. The quantitative estimate of drug-likeness (QED) is 0.604. The third-order valence-corrected chi connectivity index (χ3v) is 2.72. The Hall–Kier alpha value is -2.51. The predicted octanol–water partition coefficient (Wildman–Crippen LogP) is 1.06. The molecular weight excluding hydrogens is 248 g/mol. The molecule has 0 N–H and O–H groups in total. The van der Waals surface area contributed by atoms with E-state index < -0.39 is 4.92 Å². The van der Waals surface area contributed by atoms with Gasteiger partial charge in [-0.15, -0.1) is 0 Å². The van der Waals surface area contributed by atoms with Gasteiger partial charge in [0.25, 0.3) is 0 Å². The van der Waals surface area contributed by atoms with Crippen molar-refractivity contribution in [3.8, 4) is 0 Å². The maximum absolute atomic E-state index is 11.1. The smallest absolute Gasteiger partial charge is 0.333 e. The van der Waals surface area contributed by atoms with Crippen molar-refractivity contribution in [2.45, 2.75) is 13.5 Å². The number of hydrogen-bond donors (Lipinski definition) is 0. The lowest BCUT2D eigenvalue weighted by molar-refractivity contribution is -0.384. The Balaban J connectivity index is 2.34. The first-order chi connectivity index (χ1) is 9.00. The summed E-state index contributed by atoms with van der Waals surface area (Å²) < 4.78 is 1.50. The fraction of sp³-hybridized carbons (Fsp3) is 0.364. The summed E-state index contributed by atoms with van der Waals surface area (Å²) in [6.07, 6.45) is 4.80. The van der Waals surface area contributed by atoms with Crippen LogP contribution in [0.2, 0.25) is 0 Å². The molecule has 0 aromatic carbocycles. The Kier molecular flexibility index (Phi) is 3.41. The Morgan fingerprint density at radius 1 is 1.47 bits per heavy atom. The molecule has 19 heavy (non-hydrogen) atoms. The van der Waals surface area contributed by atoms with Gasteiger partial charge < -0.3 is 4.90 Å². The number of nitrogens with zero attached hydrogens (tertiary/aromatic N) is 6. The highest BCUT2D eigenvalue weighted by molar-refractivity contribution is 5.60. The largest absolute Gasteiger partial charge is 0.348 e. The second-order valence-electron chi connectivity index (χ2n) is 4.19. The van der Waals surface area contributed by atoms with Gasteiger partial charge in [-0.25, -0.2) is 4.68 Å². The molecule has 0 atom stereocenters. The molecule has 0 fully saturated rings. The predicted molar refractivity (Wildman–Crippen MR) is 68.7 cm³/mol. The van der Waals surface area contributed by atoms with E-state index in [9.17, 15) is 10.1 Å². The zero-order chi connectivity index (χ0) is 14.0. The van der Waals surface area contributed by atoms with Crippen LogP contribution in [0.1, 0.15) is 11.4 Å². The first kappa shape index (κ1) is 12.9. The molecule has 2 aromatic heterocycles. The van der Waals surface area contributed by atoms with E-state index in [1.807, 2.05) is 0 Å². The first-order valence-corrected chi connectivity index (χ1v) is 5.64. The molecule has 0 saturated carbocycles. The van der Waals surface area contributed by atoms with Crippen LogP contribution in [0.25, 0.3) is 0 Å². The Morgan fingerprint density at radius 3 is 2.79 bits per heavy atom. The van der Waals surface area contributed by atoms with Gasteiger partial charge in [0.05, 0.1) is 23.4 Å². The van der Waals surface area contributed by atoms with Crippen LogP contribution in [-0.4, -0.2) is 31.7 Å². The average molecular weight is 262 g/mol. The van der Waals surface area contributed by atoms with E-state index >= 15 is 0 Å². The average Bonchev–Trinajstić information content (AvgIpc) is 2.65. The Morgan fingerprint density at radius 2 is 2.21 bits per heavy atom. The minimum Gasteiger partial charge on any atom is -0.348 e. The van der Waals surface area contributed by atoms with Gasteiger partial charge >= 0.3 is 5.69 Å². The minimum absolute atomic E-state index is 0.0221. The molecule has 0 amide bonds. The summed E-state index contributed by atoms with van der Waals surface area (Å²) in [5, 5.41) is 15.2. The molecular formula is C11H14N6O2. The summed E-state index contributed by atoms with van der Waals surface area (Å²) in [6, 6.07) is 0. The summed E-state index contributed by atoms with van der Waals surface area (Å²) in [7, 11) is 3.45. The molecule has 2 aromatic rings. The van der Waals surface area contributed by atoms with E-state index in [1.54, 1.807) is 44.5 Å². The SMILES string of the molecule is Cc1nn(C)c(N(C)Cc2cnccn2)c1[N+](=O)[O-]. The van der Waals surface area contributed by atoms with Crippen molar-refractivity contribution in [2.24, 2.45) is 7.05 Å². The number of nitro groups is 1. The van der Waals surface area contributed by atoms with E-state index in [2.05, 4.69) is 15.1 Å². The van der Waals surface area contributed by atoms with Gasteiger partial charge in [0.15, 0.2) is 0 Å². The van der Waals surface area contributed by atoms with E-state index in [0.29, 0.717) is 18.1 Å². The second kappa shape index (κ2) is 5.01. The van der Waals surface area contributed by atoms with Crippen LogP contribution in [0.4, 0.5) is 11.5 Å². The van der Waals surface area contributed by atoms with Crippen molar-refractivity contribution in [2.75, 3.05) is 11.9 Å². The summed E-state index contributed by atoms with van der Waals surface area (Å²) in [4.78, 5) is 20.6. The summed E-state index contributed by atoms with van der Waals surface area (Å²) in [5.74, 6) is 0.452. The van der Waals surface area contributed by atoms with Crippen LogP contribution in [0.5, 0.6) is 0 Å². The number of hydrogen-bond acceptors (Lipinski definition) is 6. The number of aryl methyl sites for hydroxylation is 2. The van der Waals surface area contributed by atoms with Gasteiger partial charge in [-0.3, -0.25) is 20.1 Å². The summed E-state index contributed by atoms with van der Waals surface area (Å²) in [5.41, 5.74) is 1.15. The lowest BCUT2D eigenvalue weighted by atomic mass is 10.3. The van der Waals surface area contributed by atoms with Crippen LogP contribution < -0.4 is 4.90 Å². The first-order valence-electron chi connectivity index (χ1n) is 5.64. The van der Waals surface area contributed by atoms with Crippen molar-refractivity contribution in [1.82, 2.24) is 19.7 Å². The summed E-state index contributed by atoms with van der Waals surface area (Å²) >= 11 is 0. The van der Waals surface area contributed by atoms with E-state index in [4.69, 9.17) is 0 Å². The van der Waals surface area contributed by atoms with Crippen molar-refractivity contribution < 1.29 is 4.92 Å². The number of rotatable bonds is 4. The summed E-state index contributed by atoms with van der Waals surface area (Å²) in [6.45, 7) is 2.05. The van der Waals surface area contributed by atoms with Crippen LogP contribution in [-0.2, 0) is 13.6 Å². The van der Waals surface area contributed by atoms with Gasteiger partial charge in [0.1, 0.15) is 5.69 Å². The second-order valence-corrected chi connectivity index (χ2v) is 4.19. The van der Waals surface area contributed by atoms with Crippen molar-refractivity contribution in [3.05, 3.63) is 40.1 Å². The molecule has 0 aliphatic rings. The zero-order valence-corrected chi connectivity index (χ0v) is 10.9. The normalized spacial score (nSPS) is 10.5. The monoisotopic (exact) mass is 262 g/mol. The molecule has 0 radical (unpaired) electrons. The van der Waals surface area contributed by atoms with Crippen molar-refractivity contribution >= 4 is 11.5 Å². The molecule has 100 valence electrons. The fourth-order valence-corrected chi connectivity index (χ4v) is 2.01. The lowest BCUT2D eigenvalue weighted by Gasteiger charge is -2.17. The minimum atomic E-state index is -0.412. The van der Waals surface area contributed by atoms with E-state index in [-0.39, 0.29) is 5.69 Å². The fourth-order valence-electron chi connectivity index (χ4n) is 2.01. The molecule has 0 bridgehead atoms. The molecule has 8 nitrogen and oxygen atoms in total. The van der Waals surface area contributed by atoms with E-state index in [1.165, 1.54) is 4.68 Å². The van der Waals surface area contributed by atoms with Gasteiger partial charge in [0.2, 0.25) is 5.82 Å². The lowest BCUT2D eigenvalue weighted by Crippen LogP contribution is -2.21. The Labute approximate surface area is 109 Å². The maximum atomic E-state index is 11.1. The molecule has 2 heterocycles. The van der Waals surface area contributed by atoms with E-state index in [0.717, 1.165) is 5.69 Å². The molecule has 2 rings (SSSR count). The molecule has 0 aliphatic heterocycles. The van der Waals surface area contributed by atoms with Crippen LogP contribution >= 0.6 is 0 Å². The van der Waals surface area contributed by atoms with Gasteiger partial charge in [0, 0.05) is 26.5 Å². The highest BCUT2D eigenvalue weighted by atomic mass is 16.6. The standard InChI is InChI=1S/C11H14N6O2/c1-8-10(17(18)19)11(16(3)14-8)15(2)7-9-6-12-4-5-13-9/h4-6H,7H2,1-3H3. The van der Waals surface area contributed by atoms with Crippen LogP contribution in [0.15, 0.2) is 18.6 Å². The van der Waals surface area contributed by atoms with Crippen molar-refractivity contribution in [3.63, 3.8) is 0 Å². The highest BCUT2D eigenvalue weighted by Crippen LogP contribution is 2.30. The highest BCUT2D eigenvalue weighted by Gasteiger charge is 2.26. The topological polar surface area (TPSA) is 90.0 Å². The Bertz CT molecular complexity index is 595. The molecule has 0 saturated heterocycles. The number of aromatic nitrogens is 4. The van der Waals surface area contributed by atoms with Gasteiger partial charge in [-0.2, -0.15) is 5.10 Å². The molecule has 8 heteroatoms. The third kappa shape index (κ3) is 2.51. The molecule has 0 spiro atoms.